The number of piperidine rings is 1. The number of ether oxygens (including phenoxy) is 1. The number of hydrogen-bond acceptors (Lipinski definition) is 6. The molecule has 0 aliphatic carbocycles. The Kier molecular flexibility index (Phi) is 5.33. The molecule has 1 amide bonds. The second-order valence-electron chi connectivity index (χ2n) is 8.91. The van der Waals surface area contributed by atoms with Crippen LogP contribution < -0.4 is 10.2 Å². The summed E-state index contributed by atoms with van der Waals surface area (Å²) in [5.41, 5.74) is 2.49. The molecule has 3 aliphatic rings. The Morgan fingerprint density at radius 2 is 2.00 bits per heavy atom. The van der Waals surface area contributed by atoms with Gasteiger partial charge in [0.25, 0.3) is 5.91 Å². The van der Waals surface area contributed by atoms with E-state index in [-0.39, 0.29) is 11.2 Å². The first-order valence-electron chi connectivity index (χ1n) is 10.8. The lowest BCUT2D eigenvalue weighted by Gasteiger charge is -2.33. The van der Waals surface area contributed by atoms with Gasteiger partial charge in [0, 0.05) is 41.2 Å². The largest absolute Gasteiger partial charge is 0.772 e. The standard InChI is InChI=1S/C24H24FN3O4S/c1-24(2)18(12-20(32-24)22-17-5-4-15(25)11-19(17)27-23(22)29)14-3-6-21(26-13-14)28-9-7-16(8-10-28)33(30)31/h3-6,11-13,16H,7-10H2,1-2H3,(H,27,29)(H,30,31)/p-1/b22-20+. The molecule has 2 aromatic rings. The van der Waals surface area contributed by atoms with Crippen molar-refractivity contribution in [1.82, 2.24) is 4.98 Å². The van der Waals surface area contributed by atoms with Crippen molar-refractivity contribution in [3.8, 4) is 0 Å². The summed E-state index contributed by atoms with van der Waals surface area (Å²) in [6, 6.07) is 8.08. The molecule has 1 aromatic heterocycles. The van der Waals surface area contributed by atoms with E-state index in [1.54, 1.807) is 12.3 Å². The summed E-state index contributed by atoms with van der Waals surface area (Å²) in [4.78, 5) is 19.3. The molecule has 172 valence electrons. The zero-order valence-corrected chi connectivity index (χ0v) is 19.1. The van der Waals surface area contributed by atoms with Crippen LogP contribution in [0.5, 0.6) is 0 Å². The number of nitrogens with zero attached hydrogens (tertiary/aromatic N) is 2. The molecule has 0 saturated carbocycles. The summed E-state index contributed by atoms with van der Waals surface area (Å²) in [5, 5.41) is 2.41. The highest BCUT2D eigenvalue weighted by Gasteiger charge is 2.38. The van der Waals surface area contributed by atoms with Gasteiger partial charge in [-0.1, -0.05) is 11.1 Å². The van der Waals surface area contributed by atoms with E-state index in [0.29, 0.717) is 48.5 Å². The fraction of sp³-hybridized carbons (Fsp3) is 0.333. The SMILES string of the molecule is CC1(C)O/C(=C2/C(=O)Nc3cc(F)ccc32)C=C1c1ccc(N2CCC(S(=O)[O-])CC2)nc1. The van der Waals surface area contributed by atoms with Gasteiger partial charge in [-0.25, -0.2) is 9.37 Å². The quantitative estimate of drug-likeness (QED) is 0.546. The van der Waals surface area contributed by atoms with Crippen molar-refractivity contribution in [3.63, 3.8) is 0 Å². The topological polar surface area (TPSA) is 94.6 Å². The third kappa shape index (κ3) is 3.95. The van der Waals surface area contributed by atoms with Gasteiger partial charge < -0.3 is 19.5 Å². The molecule has 0 bridgehead atoms. The minimum atomic E-state index is -2.03. The third-order valence-electron chi connectivity index (χ3n) is 6.36. The smallest absolute Gasteiger partial charge is 0.260 e. The zero-order valence-electron chi connectivity index (χ0n) is 18.3. The molecule has 1 N–H and O–H groups in total. The van der Waals surface area contributed by atoms with Gasteiger partial charge in [-0.2, -0.15) is 0 Å². The molecular formula is C24H23FN3O4S-. The van der Waals surface area contributed by atoms with Crippen LogP contribution in [-0.2, 0) is 20.6 Å². The molecule has 1 saturated heterocycles. The highest BCUT2D eigenvalue weighted by Crippen LogP contribution is 2.44. The Morgan fingerprint density at radius 3 is 2.67 bits per heavy atom. The molecule has 33 heavy (non-hydrogen) atoms. The summed E-state index contributed by atoms with van der Waals surface area (Å²) in [7, 11) is 0. The minimum absolute atomic E-state index is 0.289. The Labute approximate surface area is 193 Å². The first-order valence-corrected chi connectivity index (χ1v) is 11.9. The van der Waals surface area contributed by atoms with Crippen LogP contribution in [0.3, 0.4) is 0 Å². The number of anilines is 2. The number of allylic oxidation sites excluding steroid dienone is 1. The fourth-order valence-corrected chi connectivity index (χ4v) is 5.21. The van der Waals surface area contributed by atoms with Crippen LogP contribution in [0.2, 0.25) is 0 Å². The maximum Gasteiger partial charge on any atom is 0.260 e. The highest BCUT2D eigenvalue weighted by atomic mass is 32.2. The van der Waals surface area contributed by atoms with Gasteiger partial charge in [0.1, 0.15) is 23.0 Å². The number of carbonyl (C=O) groups excluding carboxylic acids is 1. The number of aromatic nitrogens is 1. The number of amides is 1. The molecule has 9 heteroatoms. The third-order valence-corrected chi connectivity index (χ3v) is 7.37. The Balaban J connectivity index is 1.43. The number of nitrogens with one attached hydrogen (secondary N) is 1. The van der Waals surface area contributed by atoms with Gasteiger partial charge in [-0.3, -0.25) is 9.00 Å². The van der Waals surface area contributed by atoms with Crippen molar-refractivity contribution in [1.29, 1.82) is 0 Å². The molecule has 1 unspecified atom stereocenters. The van der Waals surface area contributed by atoms with Crippen LogP contribution >= 0.6 is 0 Å². The molecule has 0 radical (unpaired) electrons. The van der Waals surface area contributed by atoms with E-state index in [1.807, 2.05) is 32.1 Å². The lowest BCUT2D eigenvalue weighted by molar-refractivity contribution is -0.111. The second-order valence-corrected chi connectivity index (χ2v) is 10.1. The first kappa shape index (κ1) is 21.8. The van der Waals surface area contributed by atoms with E-state index < -0.39 is 22.5 Å². The number of carbonyl (C=O) groups is 1. The lowest BCUT2D eigenvalue weighted by atomic mass is 9.93. The van der Waals surface area contributed by atoms with Gasteiger partial charge >= 0.3 is 0 Å². The van der Waals surface area contributed by atoms with Crippen LogP contribution in [0.4, 0.5) is 15.9 Å². The normalized spacial score (nSPS) is 23.1. The number of benzene rings is 1. The maximum absolute atomic E-state index is 13.6. The molecule has 4 heterocycles. The van der Waals surface area contributed by atoms with Crippen LogP contribution in [0.1, 0.15) is 37.8 Å². The van der Waals surface area contributed by atoms with Gasteiger partial charge in [0.05, 0.1) is 11.3 Å². The molecule has 0 spiro atoms. The van der Waals surface area contributed by atoms with E-state index in [4.69, 9.17) is 4.74 Å². The van der Waals surface area contributed by atoms with Crippen LogP contribution in [-0.4, -0.2) is 43.6 Å². The average Bonchev–Trinajstić information content (AvgIpc) is 3.27. The van der Waals surface area contributed by atoms with Crippen molar-refractivity contribution in [2.45, 2.75) is 37.5 Å². The molecule has 3 aliphatic heterocycles. The van der Waals surface area contributed by atoms with E-state index in [1.165, 1.54) is 12.1 Å². The maximum atomic E-state index is 13.6. The van der Waals surface area contributed by atoms with Crippen molar-refractivity contribution in [2.75, 3.05) is 23.3 Å². The van der Waals surface area contributed by atoms with E-state index in [2.05, 4.69) is 15.2 Å². The first-order chi connectivity index (χ1) is 15.7. The predicted molar refractivity (Wildman–Crippen MR) is 123 cm³/mol. The summed E-state index contributed by atoms with van der Waals surface area (Å²) < 4.78 is 42.1. The number of halogens is 1. The summed E-state index contributed by atoms with van der Waals surface area (Å²) in [6.07, 6.45) is 4.81. The highest BCUT2D eigenvalue weighted by molar-refractivity contribution is 7.79. The van der Waals surface area contributed by atoms with E-state index in [0.717, 1.165) is 17.0 Å². The summed E-state index contributed by atoms with van der Waals surface area (Å²) in [6.45, 7) is 5.14. The number of fused-ring (bicyclic) bond motifs is 1. The van der Waals surface area contributed by atoms with Gasteiger partial charge in [-0.05, 0) is 63.1 Å². The van der Waals surface area contributed by atoms with Crippen molar-refractivity contribution < 1.29 is 22.7 Å². The average molecular weight is 469 g/mol. The number of rotatable bonds is 3. The second kappa shape index (κ2) is 8.07. The van der Waals surface area contributed by atoms with Crippen LogP contribution in [0, 0.1) is 5.82 Å². The fourth-order valence-electron chi connectivity index (χ4n) is 4.62. The molecule has 1 atom stereocenters. The lowest BCUT2D eigenvalue weighted by Crippen LogP contribution is -2.38. The minimum Gasteiger partial charge on any atom is -0.772 e. The van der Waals surface area contributed by atoms with Gasteiger partial charge in [0.15, 0.2) is 0 Å². The summed E-state index contributed by atoms with van der Waals surface area (Å²) >= 11 is -2.03. The van der Waals surface area contributed by atoms with Crippen LogP contribution in [0.25, 0.3) is 11.1 Å². The summed E-state index contributed by atoms with van der Waals surface area (Å²) in [5.74, 6) is 0.501. The van der Waals surface area contributed by atoms with Crippen molar-refractivity contribution >= 4 is 39.6 Å². The van der Waals surface area contributed by atoms with Gasteiger partial charge in [-0.15, -0.1) is 0 Å². The number of hydrogen-bond donors (Lipinski definition) is 1. The monoisotopic (exact) mass is 468 g/mol. The predicted octanol–water partition coefficient (Wildman–Crippen LogP) is 3.62. The molecule has 1 fully saturated rings. The number of pyridine rings is 1. The zero-order chi connectivity index (χ0) is 23.3. The molecule has 1 aromatic carbocycles. The molecule has 7 nitrogen and oxygen atoms in total. The Morgan fingerprint density at radius 1 is 1.24 bits per heavy atom. The Hall–Kier alpha value is -3.04. The van der Waals surface area contributed by atoms with Gasteiger partial charge in [0.2, 0.25) is 0 Å². The molecule has 5 rings (SSSR count). The Bertz CT molecular complexity index is 1210. The van der Waals surface area contributed by atoms with Crippen molar-refractivity contribution in [3.05, 3.63) is 65.3 Å². The van der Waals surface area contributed by atoms with E-state index >= 15 is 0 Å². The van der Waals surface area contributed by atoms with Crippen molar-refractivity contribution in [2.24, 2.45) is 0 Å². The molecular weight excluding hydrogens is 445 g/mol. The van der Waals surface area contributed by atoms with Crippen LogP contribution in [0.15, 0.2) is 48.4 Å². The van der Waals surface area contributed by atoms with E-state index in [9.17, 15) is 17.9 Å².